The van der Waals surface area contributed by atoms with Crippen LogP contribution in [0.3, 0.4) is 0 Å². The molecule has 0 saturated heterocycles. The highest BCUT2D eigenvalue weighted by molar-refractivity contribution is 6.07. The Balaban J connectivity index is 0.993. The van der Waals surface area contributed by atoms with Crippen molar-refractivity contribution in [1.29, 1.82) is 0 Å². The van der Waals surface area contributed by atoms with E-state index < -0.39 is 0 Å². The number of fused-ring (bicyclic) bond motifs is 6. The Kier molecular flexibility index (Phi) is 16.0. The summed E-state index contributed by atoms with van der Waals surface area (Å²) in [6, 6.07) is 33.7. The van der Waals surface area contributed by atoms with Crippen LogP contribution in [0.2, 0.25) is 0 Å². The number of nitrogens with two attached hydrogens (primary N) is 3. The minimum absolute atomic E-state index is 0.164. The third kappa shape index (κ3) is 11.5. The maximum absolute atomic E-state index is 14.2. The monoisotopic (exact) mass is 913 g/mol. The summed E-state index contributed by atoms with van der Waals surface area (Å²) in [6.45, 7) is 6.73. The molecule has 6 N–H and O–H groups in total. The number of benzene rings is 4. The minimum Gasteiger partial charge on any atom is -0.382 e. The fraction of sp³-hybridized carbons (Fsp3) is 0.393. The Labute approximate surface area is 400 Å². The molecule has 4 aromatic heterocycles. The standard InChI is InChI=1S/C56H68N10O2/c1-3-5-24-48-62-51-53(43-19-15-17-21-45(43)60-55(51)58)65(48)37-41-31-27-39(28-32-41)35-64(50(68)26-14-12-10-8-7-9-11-13-23-47(57)67)36-40-29-33-42(34-30-40)38-66-49(25-6-4-2)63-52-54(66)44-20-16-18-22-46(44)61-56(52)59/h15-22,27-34H,3-14,23-26,35-38H2,1-2H3,(H2,57,67)(H2,58,60)(H2,59,61). The summed E-state index contributed by atoms with van der Waals surface area (Å²) in [4.78, 5) is 46.7. The molecule has 12 nitrogen and oxygen atoms in total. The number of para-hydroxylation sites is 2. The fourth-order valence-electron chi connectivity index (χ4n) is 9.53. The number of nitrogen functional groups attached to an aromatic ring is 2. The Bertz CT molecular complexity index is 2790. The third-order valence-corrected chi connectivity index (χ3v) is 13.3. The Morgan fingerprint density at radius 1 is 0.500 bits per heavy atom. The molecule has 8 rings (SSSR count). The molecule has 0 fully saturated rings. The molecule has 8 aromatic rings. The molecule has 4 heterocycles. The van der Waals surface area contributed by atoms with Crippen LogP contribution in [0.4, 0.5) is 11.6 Å². The molecular formula is C56H68N10O2. The van der Waals surface area contributed by atoms with Gasteiger partial charge in [-0.1, -0.05) is 150 Å². The van der Waals surface area contributed by atoms with Crippen LogP contribution in [-0.4, -0.2) is 45.8 Å². The lowest BCUT2D eigenvalue weighted by molar-refractivity contribution is -0.132. The summed E-state index contributed by atoms with van der Waals surface area (Å²) in [7, 11) is 0. The van der Waals surface area contributed by atoms with E-state index in [1.165, 1.54) is 0 Å². The summed E-state index contributed by atoms with van der Waals surface area (Å²) >= 11 is 0. The predicted molar refractivity (Wildman–Crippen MR) is 277 cm³/mol. The van der Waals surface area contributed by atoms with Crippen LogP contribution in [0.1, 0.15) is 138 Å². The summed E-state index contributed by atoms with van der Waals surface area (Å²) in [5.74, 6) is 2.89. The average molecular weight is 913 g/mol. The number of primary amides is 1. The maximum atomic E-state index is 14.2. The predicted octanol–water partition coefficient (Wildman–Crippen LogP) is 11.3. The van der Waals surface area contributed by atoms with Gasteiger partial charge in [-0.2, -0.15) is 0 Å². The van der Waals surface area contributed by atoms with Gasteiger partial charge in [0.25, 0.3) is 0 Å². The molecule has 354 valence electrons. The zero-order valence-corrected chi connectivity index (χ0v) is 40.1. The molecule has 0 aliphatic rings. The van der Waals surface area contributed by atoms with Gasteiger partial charge in [-0.25, -0.2) is 19.9 Å². The first kappa shape index (κ1) is 47.7. The molecule has 4 aromatic carbocycles. The third-order valence-electron chi connectivity index (χ3n) is 13.3. The van der Waals surface area contributed by atoms with E-state index in [1.807, 2.05) is 41.3 Å². The number of pyridine rings is 2. The van der Waals surface area contributed by atoms with Crippen molar-refractivity contribution in [2.45, 2.75) is 143 Å². The number of carbonyl (C=O) groups is 2. The summed E-state index contributed by atoms with van der Waals surface area (Å²) < 4.78 is 4.64. The molecule has 0 aliphatic carbocycles. The molecule has 0 radical (unpaired) electrons. The van der Waals surface area contributed by atoms with Crippen molar-refractivity contribution >= 4 is 67.3 Å². The van der Waals surface area contributed by atoms with Crippen LogP contribution < -0.4 is 17.2 Å². The van der Waals surface area contributed by atoms with Gasteiger partial charge < -0.3 is 31.2 Å². The lowest BCUT2D eigenvalue weighted by atomic mass is 10.1. The van der Waals surface area contributed by atoms with Gasteiger partial charge in [0.2, 0.25) is 11.8 Å². The normalized spacial score (nSPS) is 11.7. The van der Waals surface area contributed by atoms with Crippen LogP contribution >= 0.6 is 0 Å². The lowest BCUT2D eigenvalue weighted by Gasteiger charge is -2.24. The van der Waals surface area contributed by atoms with Crippen molar-refractivity contribution in [2.24, 2.45) is 5.73 Å². The van der Waals surface area contributed by atoms with Crippen LogP contribution in [0.5, 0.6) is 0 Å². The van der Waals surface area contributed by atoms with E-state index in [0.717, 1.165) is 168 Å². The molecule has 12 heteroatoms. The van der Waals surface area contributed by atoms with Crippen LogP contribution in [0.25, 0.3) is 43.9 Å². The van der Waals surface area contributed by atoms with Gasteiger partial charge >= 0.3 is 0 Å². The highest BCUT2D eigenvalue weighted by Crippen LogP contribution is 2.32. The van der Waals surface area contributed by atoms with Crippen molar-refractivity contribution in [3.63, 3.8) is 0 Å². The Morgan fingerprint density at radius 3 is 1.32 bits per heavy atom. The van der Waals surface area contributed by atoms with E-state index in [2.05, 4.69) is 93.6 Å². The molecular weight excluding hydrogens is 845 g/mol. The van der Waals surface area contributed by atoms with E-state index in [-0.39, 0.29) is 11.8 Å². The number of hydrogen-bond acceptors (Lipinski definition) is 8. The Morgan fingerprint density at radius 2 is 0.897 bits per heavy atom. The number of hydrogen-bond donors (Lipinski definition) is 3. The first-order chi connectivity index (χ1) is 33.2. The van der Waals surface area contributed by atoms with E-state index in [9.17, 15) is 9.59 Å². The SMILES string of the molecule is CCCCc1nc2c(N)nc3ccccc3c2n1Cc1ccc(CN(Cc2ccc(Cn3c(CCCC)nc4c(N)nc5ccccc5c43)cc2)C(=O)CCCCCCCCCCC(N)=O)cc1. The first-order valence-corrected chi connectivity index (χ1v) is 25.0. The van der Waals surface area contributed by atoms with E-state index in [4.69, 9.17) is 27.2 Å². The smallest absolute Gasteiger partial charge is 0.223 e. The topological polar surface area (TPSA) is 177 Å². The van der Waals surface area contributed by atoms with Gasteiger partial charge in [0.05, 0.1) is 22.1 Å². The van der Waals surface area contributed by atoms with Gasteiger partial charge in [-0.15, -0.1) is 0 Å². The van der Waals surface area contributed by atoms with Crippen LogP contribution in [0.15, 0.2) is 97.1 Å². The van der Waals surface area contributed by atoms with Crippen molar-refractivity contribution in [1.82, 2.24) is 34.0 Å². The van der Waals surface area contributed by atoms with Crippen molar-refractivity contribution in [2.75, 3.05) is 11.5 Å². The fourth-order valence-corrected chi connectivity index (χ4v) is 9.53. The molecule has 0 aliphatic heterocycles. The second kappa shape index (κ2) is 22.8. The number of imidazole rings is 2. The number of nitrogens with zero attached hydrogens (tertiary/aromatic N) is 7. The Hall–Kier alpha value is -6.82. The lowest BCUT2D eigenvalue weighted by Crippen LogP contribution is -2.30. The molecule has 0 atom stereocenters. The highest BCUT2D eigenvalue weighted by atomic mass is 16.2. The minimum atomic E-state index is -0.221. The van der Waals surface area contributed by atoms with Gasteiger partial charge in [0.15, 0.2) is 11.6 Å². The quantitative estimate of drug-likeness (QED) is 0.0474. The van der Waals surface area contributed by atoms with Crippen LogP contribution in [0, 0.1) is 0 Å². The zero-order valence-electron chi connectivity index (χ0n) is 40.1. The average Bonchev–Trinajstić information content (AvgIpc) is 3.90. The number of rotatable bonds is 25. The van der Waals surface area contributed by atoms with Gasteiger partial charge in [0, 0.05) is 62.6 Å². The second-order valence-corrected chi connectivity index (χ2v) is 18.5. The van der Waals surface area contributed by atoms with E-state index in [0.29, 0.717) is 50.7 Å². The highest BCUT2D eigenvalue weighted by Gasteiger charge is 2.20. The van der Waals surface area contributed by atoms with Crippen molar-refractivity contribution in [3.8, 4) is 0 Å². The summed E-state index contributed by atoms with van der Waals surface area (Å²) in [6.07, 6.45) is 15.2. The van der Waals surface area contributed by atoms with Gasteiger partial charge in [-0.3, -0.25) is 9.59 Å². The molecule has 0 bridgehead atoms. The zero-order chi connectivity index (χ0) is 47.4. The summed E-state index contributed by atoms with van der Waals surface area (Å²) in [5, 5.41) is 2.09. The van der Waals surface area contributed by atoms with E-state index in [1.54, 1.807) is 0 Å². The number of unbranched alkanes of at least 4 members (excludes halogenated alkanes) is 9. The largest absolute Gasteiger partial charge is 0.382 e. The molecule has 0 unspecified atom stereocenters. The summed E-state index contributed by atoms with van der Waals surface area (Å²) in [5.41, 5.74) is 28.1. The molecule has 0 spiro atoms. The van der Waals surface area contributed by atoms with Gasteiger partial charge in [0.1, 0.15) is 22.7 Å². The number of anilines is 2. The molecule has 68 heavy (non-hydrogen) atoms. The maximum Gasteiger partial charge on any atom is 0.223 e. The van der Waals surface area contributed by atoms with E-state index >= 15 is 0 Å². The molecule has 0 saturated carbocycles. The number of aromatic nitrogens is 6. The van der Waals surface area contributed by atoms with Gasteiger partial charge in [-0.05, 0) is 60.1 Å². The number of aryl methyl sites for hydroxylation is 2. The molecule has 2 amide bonds. The van der Waals surface area contributed by atoms with Crippen molar-refractivity contribution < 1.29 is 9.59 Å². The number of amides is 2. The first-order valence-electron chi connectivity index (χ1n) is 25.0. The second-order valence-electron chi connectivity index (χ2n) is 18.5. The van der Waals surface area contributed by atoms with Crippen molar-refractivity contribution in [3.05, 3.63) is 131 Å². The number of carbonyl (C=O) groups excluding carboxylic acids is 2. The van der Waals surface area contributed by atoms with Crippen LogP contribution in [-0.2, 0) is 48.6 Å².